The molecule has 0 aliphatic rings. The molecule has 0 amide bonds. The Bertz CT molecular complexity index is 520. The number of hydrogen-bond donors (Lipinski definition) is 1. The number of aromatic amines is 1. The molecule has 0 bridgehead atoms. The van der Waals surface area contributed by atoms with E-state index in [4.69, 9.17) is 0 Å². The topological polar surface area (TPSA) is 54.9 Å². The molecule has 1 N–H and O–H groups in total. The zero-order chi connectivity index (χ0) is 15.0. The second-order valence-corrected chi connectivity index (χ2v) is 6.10. The zero-order valence-electron chi connectivity index (χ0n) is 12.5. The molecule has 4 nitrogen and oxygen atoms in total. The molecule has 0 unspecified atom stereocenters. The van der Waals surface area contributed by atoms with E-state index in [2.05, 4.69) is 21.0 Å². The van der Waals surface area contributed by atoms with Gasteiger partial charge in [-0.25, -0.2) is 0 Å². The number of nitrogens with one attached hydrogen (secondary N) is 1. The van der Waals surface area contributed by atoms with Crippen LogP contribution in [0.2, 0.25) is 0 Å². The van der Waals surface area contributed by atoms with Crippen LogP contribution < -0.4 is 11.1 Å². The molecule has 1 aromatic rings. The summed E-state index contributed by atoms with van der Waals surface area (Å²) in [4.78, 5) is 23.6. The Balaban J connectivity index is 2.33. The van der Waals surface area contributed by atoms with E-state index in [1.165, 1.54) is 36.8 Å². The number of aryl methyl sites for hydroxylation is 1. The van der Waals surface area contributed by atoms with E-state index >= 15 is 0 Å². The van der Waals surface area contributed by atoms with Gasteiger partial charge >= 0.3 is 0 Å². The lowest BCUT2D eigenvalue weighted by Crippen LogP contribution is -2.33. The number of nitrogens with zero attached hydrogens (tertiary/aromatic N) is 1. The van der Waals surface area contributed by atoms with Crippen molar-refractivity contribution in [3.63, 3.8) is 0 Å². The van der Waals surface area contributed by atoms with Crippen LogP contribution in [0, 0.1) is 13.8 Å². The smallest absolute Gasteiger partial charge is 0.268 e. The SMILES string of the molecule is Cc1c(C)c(=O)n(CCCCCCCCCBr)[nH]c1=O. The highest BCUT2D eigenvalue weighted by Crippen LogP contribution is 2.08. The molecule has 20 heavy (non-hydrogen) atoms. The lowest BCUT2D eigenvalue weighted by Gasteiger charge is -2.08. The summed E-state index contributed by atoms with van der Waals surface area (Å²) >= 11 is 3.43. The van der Waals surface area contributed by atoms with Gasteiger partial charge in [0.1, 0.15) is 0 Å². The Kier molecular flexibility index (Phi) is 7.88. The third-order valence-corrected chi connectivity index (χ3v) is 4.28. The van der Waals surface area contributed by atoms with Crippen LogP contribution >= 0.6 is 15.9 Å². The molecule has 0 saturated heterocycles. The number of halogens is 1. The van der Waals surface area contributed by atoms with Crippen molar-refractivity contribution < 1.29 is 0 Å². The molecular formula is C15H25BrN2O2. The average molecular weight is 345 g/mol. The van der Waals surface area contributed by atoms with E-state index in [-0.39, 0.29) is 11.1 Å². The number of hydrogen-bond acceptors (Lipinski definition) is 2. The standard InChI is InChI=1S/C15H25BrN2O2/c1-12-13(2)15(20)18(17-14(12)19)11-9-7-5-3-4-6-8-10-16/h3-11H2,1-2H3,(H,17,19). The molecule has 0 aliphatic carbocycles. The quantitative estimate of drug-likeness (QED) is 0.552. The van der Waals surface area contributed by atoms with Crippen molar-refractivity contribution in [1.82, 2.24) is 9.78 Å². The van der Waals surface area contributed by atoms with Crippen molar-refractivity contribution in [2.45, 2.75) is 65.3 Å². The van der Waals surface area contributed by atoms with E-state index in [0.29, 0.717) is 17.7 Å². The fraction of sp³-hybridized carbons (Fsp3) is 0.733. The van der Waals surface area contributed by atoms with Crippen molar-refractivity contribution in [2.75, 3.05) is 5.33 Å². The Morgan fingerprint density at radius 2 is 1.45 bits per heavy atom. The van der Waals surface area contributed by atoms with Crippen molar-refractivity contribution in [2.24, 2.45) is 0 Å². The van der Waals surface area contributed by atoms with Gasteiger partial charge in [-0.05, 0) is 26.7 Å². The summed E-state index contributed by atoms with van der Waals surface area (Å²) < 4.78 is 1.45. The number of rotatable bonds is 9. The number of unbranched alkanes of at least 4 members (excludes halogenated alkanes) is 6. The summed E-state index contributed by atoms with van der Waals surface area (Å²) in [7, 11) is 0. The Morgan fingerprint density at radius 3 is 2.05 bits per heavy atom. The first-order chi connectivity index (χ1) is 9.57. The van der Waals surface area contributed by atoms with Gasteiger partial charge in [-0.15, -0.1) is 0 Å². The molecule has 0 saturated carbocycles. The first kappa shape index (κ1) is 17.2. The first-order valence-corrected chi connectivity index (χ1v) is 8.56. The van der Waals surface area contributed by atoms with Gasteiger partial charge in [-0.2, -0.15) is 0 Å². The van der Waals surface area contributed by atoms with Gasteiger partial charge in [0.25, 0.3) is 11.1 Å². The molecule has 0 aromatic carbocycles. The summed E-state index contributed by atoms with van der Waals surface area (Å²) in [6, 6.07) is 0. The zero-order valence-corrected chi connectivity index (χ0v) is 14.1. The van der Waals surface area contributed by atoms with E-state index in [9.17, 15) is 9.59 Å². The molecule has 0 fully saturated rings. The van der Waals surface area contributed by atoms with Crippen molar-refractivity contribution in [1.29, 1.82) is 0 Å². The molecule has 5 heteroatoms. The third kappa shape index (κ3) is 5.27. The fourth-order valence-electron chi connectivity index (χ4n) is 2.20. The molecule has 1 rings (SSSR count). The van der Waals surface area contributed by atoms with Crippen molar-refractivity contribution in [3.8, 4) is 0 Å². The van der Waals surface area contributed by atoms with Gasteiger partial charge in [-0.1, -0.05) is 48.0 Å². The lowest BCUT2D eigenvalue weighted by atomic mass is 10.1. The van der Waals surface area contributed by atoms with Gasteiger partial charge in [0.15, 0.2) is 0 Å². The number of aromatic nitrogens is 2. The van der Waals surface area contributed by atoms with Crippen LogP contribution in [-0.2, 0) is 6.54 Å². The maximum atomic E-state index is 12.0. The van der Waals surface area contributed by atoms with Gasteiger partial charge in [0.2, 0.25) is 0 Å². The van der Waals surface area contributed by atoms with Crippen LogP contribution in [0.5, 0.6) is 0 Å². The van der Waals surface area contributed by atoms with Gasteiger partial charge in [-0.3, -0.25) is 19.4 Å². The molecule has 1 aromatic heterocycles. The Morgan fingerprint density at radius 1 is 0.900 bits per heavy atom. The summed E-state index contributed by atoms with van der Waals surface area (Å²) in [5.41, 5.74) is 0.859. The Hall–Kier alpha value is -0.840. The highest BCUT2D eigenvalue weighted by Gasteiger charge is 2.06. The second kappa shape index (κ2) is 9.16. The first-order valence-electron chi connectivity index (χ1n) is 7.44. The maximum absolute atomic E-state index is 12.0. The molecular weight excluding hydrogens is 320 g/mol. The minimum absolute atomic E-state index is 0.0700. The van der Waals surface area contributed by atoms with E-state index < -0.39 is 0 Å². The van der Waals surface area contributed by atoms with Crippen LogP contribution in [0.25, 0.3) is 0 Å². The van der Waals surface area contributed by atoms with E-state index in [1.54, 1.807) is 13.8 Å². The van der Waals surface area contributed by atoms with Crippen LogP contribution in [0.4, 0.5) is 0 Å². The van der Waals surface area contributed by atoms with Crippen LogP contribution in [0.15, 0.2) is 9.59 Å². The lowest BCUT2D eigenvalue weighted by molar-refractivity contribution is 0.499. The predicted octanol–water partition coefficient (Wildman–Crippen LogP) is 3.28. The van der Waals surface area contributed by atoms with Gasteiger partial charge in [0, 0.05) is 23.0 Å². The number of H-pyrrole nitrogens is 1. The van der Waals surface area contributed by atoms with Crippen molar-refractivity contribution in [3.05, 3.63) is 31.8 Å². The van der Waals surface area contributed by atoms with Gasteiger partial charge < -0.3 is 0 Å². The molecule has 1 heterocycles. The monoisotopic (exact) mass is 344 g/mol. The average Bonchev–Trinajstić information content (AvgIpc) is 2.44. The molecule has 0 aliphatic heterocycles. The summed E-state index contributed by atoms with van der Waals surface area (Å²) in [5.74, 6) is 0. The normalized spacial score (nSPS) is 10.9. The molecule has 114 valence electrons. The minimum atomic E-state index is -0.156. The molecule has 0 radical (unpaired) electrons. The summed E-state index contributed by atoms with van der Waals surface area (Å²) in [6.45, 7) is 4.01. The highest BCUT2D eigenvalue weighted by molar-refractivity contribution is 9.09. The number of alkyl halides is 1. The summed E-state index contributed by atoms with van der Waals surface area (Å²) in [5, 5.41) is 3.74. The van der Waals surface area contributed by atoms with Crippen LogP contribution in [0.1, 0.15) is 56.1 Å². The largest absolute Gasteiger partial charge is 0.268 e. The van der Waals surface area contributed by atoms with Crippen molar-refractivity contribution >= 4 is 15.9 Å². The molecule has 0 atom stereocenters. The third-order valence-electron chi connectivity index (χ3n) is 3.72. The van der Waals surface area contributed by atoms with E-state index in [1.807, 2.05) is 0 Å². The highest BCUT2D eigenvalue weighted by atomic mass is 79.9. The summed E-state index contributed by atoms with van der Waals surface area (Å²) in [6.07, 6.45) is 8.32. The molecule has 0 spiro atoms. The Labute approximate surface area is 128 Å². The predicted molar refractivity (Wildman–Crippen MR) is 86.9 cm³/mol. The van der Waals surface area contributed by atoms with E-state index in [0.717, 1.165) is 18.2 Å². The maximum Gasteiger partial charge on any atom is 0.268 e. The van der Waals surface area contributed by atoms with Gasteiger partial charge in [0.05, 0.1) is 0 Å². The second-order valence-electron chi connectivity index (χ2n) is 5.31. The van der Waals surface area contributed by atoms with Crippen LogP contribution in [0.3, 0.4) is 0 Å². The fourth-order valence-corrected chi connectivity index (χ4v) is 2.59. The van der Waals surface area contributed by atoms with Crippen LogP contribution in [-0.4, -0.2) is 15.1 Å². The minimum Gasteiger partial charge on any atom is -0.268 e.